The van der Waals surface area contributed by atoms with Crippen LogP contribution in [0.5, 0.6) is 0 Å². The molecule has 1 aromatic heterocycles. The lowest BCUT2D eigenvalue weighted by Crippen LogP contribution is -2.36. The van der Waals surface area contributed by atoms with Gasteiger partial charge >= 0.3 is 0 Å². The molecule has 0 saturated heterocycles. The van der Waals surface area contributed by atoms with Gasteiger partial charge in [-0.2, -0.15) is 0 Å². The van der Waals surface area contributed by atoms with Crippen molar-refractivity contribution in [3.63, 3.8) is 0 Å². The minimum absolute atomic E-state index is 0.0262. The molecule has 2 unspecified atom stereocenters. The molecule has 0 bridgehead atoms. The number of benzene rings is 1. The van der Waals surface area contributed by atoms with Gasteiger partial charge in [0.2, 0.25) is 0 Å². The number of aryl methyl sites for hydroxylation is 1. The van der Waals surface area contributed by atoms with Crippen molar-refractivity contribution in [3.05, 3.63) is 34.3 Å². The fraction of sp³-hybridized carbons (Fsp3) is 0.333. The van der Waals surface area contributed by atoms with Crippen LogP contribution in [-0.4, -0.2) is 21.1 Å². The third-order valence-corrected chi connectivity index (χ3v) is 3.34. The highest BCUT2D eigenvalue weighted by Gasteiger charge is 2.30. The van der Waals surface area contributed by atoms with Crippen LogP contribution in [0.15, 0.2) is 22.9 Å². The van der Waals surface area contributed by atoms with E-state index in [-0.39, 0.29) is 34.5 Å². The second kappa shape index (κ2) is 4.80. The molecule has 3 rings (SSSR count). The number of nitrogens with zero attached hydrogens (tertiary/aromatic N) is 2. The van der Waals surface area contributed by atoms with E-state index in [9.17, 15) is 14.4 Å². The van der Waals surface area contributed by atoms with Crippen LogP contribution in [0.1, 0.15) is 37.9 Å². The highest BCUT2D eigenvalue weighted by Crippen LogP contribution is 2.24. The van der Waals surface area contributed by atoms with Gasteiger partial charge in [-0.25, -0.2) is 4.98 Å². The van der Waals surface area contributed by atoms with E-state index in [0.29, 0.717) is 0 Å². The summed E-state index contributed by atoms with van der Waals surface area (Å²) >= 11 is 0. The molecule has 21 heavy (non-hydrogen) atoms. The topological polar surface area (TPSA) is 95.0 Å². The SMILES string of the molecule is [2H]c1cc(N)c2c(=O)n(C3C(=O)CC(=O)C([2H])([2H])C3[2H])c(C)nc2c1[2H]. The number of carbonyl (C=O) groups is 2. The highest BCUT2D eigenvalue weighted by atomic mass is 16.2. The maximum Gasteiger partial charge on any atom is 0.264 e. The number of nitrogens with two attached hydrogens (primary N) is 1. The zero-order valence-electron chi connectivity index (χ0n) is 16.1. The van der Waals surface area contributed by atoms with Gasteiger partial charge in [0.1, 0.15) is 11.6 Å². The Morgan fingerprint density at radius 1 is 1.48 bits per heavy atom. The summed E-state index contributed by atoms with van der Waals surface area (Å²) in [5.41, 5.74) is 4.80. The molecule has 6 nitrogen and oxygen atoms in total. The minimum atomic E-state index is -2.59. The normalized spacial score (nSPS) is 28.5. The van der Waals surface area contributed by atoms with Gasteiger partial charge in [0.15, 0.2) is 5.78 Å². The van der Waals surface area contributed by atoms with Crippen LogP contribution in [0.4, 0.5) is 5.69 Å². The molecule has 2 aromatic rings. The summed E-state index contributed by atoms with van der Waals surface area (Å²) in [5, 5.41) is -0.172. The summed E-state index contributed by atoms with van der Waals surface area (Å²) in [6.45, 7) is 1.37. The Hall–Kier alpha value is -2.50. The van der Waals surface area contributed by atoms with E-state index >= 15 is 0 Å². The van der Waals surface area contributed by atoms with Crippen molar-refractivity contribution in [2.24, 2.45) is 0 Å². The number of anilines is 1. The number of Topliss-reactive ketones (excluding diaryl/α,β-unsaturated/α-hetero) is 2. The van der Waals surface area contributed by atoms with Crippen LogP contribution in [0.2, 0.25) is 0 Å². The third kappa shape index (κ3) is 2.12. The van der Waals surface area contributed by atoms with E-state index in [0.717, 1.165) is 10.6 Å². The average molecular weight is 290 g/mol. The van der Waals surface area contributed by atoms with E-state index in [1.54, 1.807) is 0 Å². The van der Waals surface area contributed by atoms with Crippen LogP contribution in [0.3, 0.4) is 0 Å². The van der Waals surface area contributed by atoms with Gasteiger partial charge in [0.25, 0.3) is 5.56 Å². The molecular formula is C15H15N3O3. The second-order valence-electron chi connectivity index (χ2n) is 4.75. The summed E-state index contributed by atoms with van der Waals surface area (Å²) in [5.74, 6) is -1.77. The van der Waals surface area contributed by atoms with Gasteiger partial charge in [-0.05, 0) is 25.4 Å². The van der Waals surface area contributed by atoms with Crippen molar-refractivity contribution < 1.29 is 16.4 Å². The number of aromatic nitrogens is 2. The Labute approximate surface area is 127 Å². The first-order valence-electron chi connectivity index (χ1n) is 8.83. The van der Waals surface area contributed by atoms with Crippen LogP contribution in [-0.2, 0) is 9.59 Å². The van der Waals surface area contributed by atoms with Crippen LogP contribution in [0, 0.1) is 6.92 Å². The smallest absolute Gasteiger partial charge is 0.264 e. The quantitative estimate of drug-likeness (QED) is 0.628. The Balaban J connectivity index is 2.35. The van der Waals surface area contributed by atoms with Gasteiger partial charge in [0.05, 0.1) is 26.1 Å². The first kappa shape index (κ1) is 8.71. The molecule has 0 radical (unpaired) electrons. The maximum atomic E-state index is 13.0. The van der Waals surface area contributed by atoms with E-state index < -0.39 is 42.4 Å². The number of hydrogen-bond donors (Lipinski definition) is 1. The van der Waals surface area contributed by atoms with Crippen LogP contribution < -0.4 is 11.3 Å². The standard InChI is InChI=1S/C15H15N3O3/c1-8-17-11-4-2-3-10(16)14(11)15(21)18(8)12-6-5-9(19)7-13(12)20/h2-4,12H,5-7,16H2,1H3/i2D,4D,5D2,6D. The first-order chi connectivity index (χ1) is 12.0. The summed E-state index contributed by atoms with van der Waals surface area (Å²) < 4.78 is 40.1. The Bertz CT molecular complexity index is 1030. The molecule has 1 saturated carbocycles. The number of rotatable bonds is 1. The summed E-state index contributed by atoms with van der Waals surface area (Å²) in [7, 11) is 0. The fourth-order valence-corrected chi connectivity index (χ4v) is 2.37. The molecule has 1 aliphatic carbocycles. The number of carbonyl (C=O) groups excluding carboxylic acids is 2. The molecule has 0 aliphatic heterocycles. The first-order valence-corrected chi connectivity index (χ1v) is 6.25. The van der Waals surface area contributed by atoms with Gasteiger partial charge in [-0.1, -0.05) is 6.04 Å². The molecule has 2 atom stereocenters. The van der Waals surface area contributed by atoms with Crippen molar-refractivity contribution in [2.75, 3.05) is 5.73 Å². The lowest BCUT2D eigenvalue weighted by molar-refractivity contribution is -0.132. The zero-order valence-corrected chi connectivity index (χ0v) is 11.1. The van der Waals surface area contributed by atoms with Gasteiger partial charge in [-0.3, -0.25) is 19.0 Å². The number of nitrogen functional groups attached to an aromatic ring is 1. The highest BCUT2D eigenvalue weighted by molar-refractivity contribution is 6.03. The third-order valence-electron chi connectivity index (χ3n) is 3.34. The molecule has 108 valence electrons. The summed E-state index contributed by atoms with van der Waals surface area (Å²) in [4.78, 5) is 41.2. The van der Waals surface area contributed by atoms with E-state index in [4.69, 9.17) is 12.6 Å². The van der Waals surface area contributed by atoms with Crippen molar-refractivity contribution >= 4 is 28.2 Å². The molecule has 0 spiro atoms. The molecule has 2 N–H and O–H groups in total. The Kier molecular flexibility index (Phi) is 1.99. The van der Waals surface area contributed by atoms with Crippen molar-refractivity contribution in [3.8, 4) is 0 Å². The average Bonchev–Trinajstić information content (AvgIpc) is 2.53. The van der Waals surface area contributed by atoms with E-state index in [1.165, 1.54) is 6.92 Å². The molecule has 1 fully saturated rings. The van der Waals surface area contributed by atoms with Gasteiger partial charge < -0.3 is 5.73 Å². The Morgan fingerprint density at radius 3 is 3.00 bits per heavy atom. The minimum Gasteiger partial charge on any atom is -0.398 e. The number of hydrogen-bond acceptors (Lipinski definition) is 5. The van der Waals surface area contributed by atoms with Crippen molar-refractivity contribution in [2.45, 2.75) is 32.2 Å². The number of ketones is 2. The van der Waals surface area contributed by atoms with Crippen molar-refractivity contribution in [1.82, 2.24) is 9.55 Å². The predicted molar refractivity (Wildman–Crippen MR) is 78.1 cm³/mol. The molecule has 1 aromatic carbocycles. The lowest BCUT2D eigenvalue weighted by Gasteiger charge is -2.24. The lowest BCUT2D eigenvalue weighted by atomic mass is 9.92. The maximum absolute atomic E-state index is 13.0. The van der Waals surface area contributed by atoms with Crippen LogP contribution in [0.25, 0.3) is 10.9 Å². The fourth-order valence-electron chi connectivity index (χ4n) is 2.37. The second-order valence-corrected chi connectivity index (χ2v) is 4.75. The molecule has 1 heterocycles. The van der Waals surface area contributed by atoms with Gasteiger partial charge in [-0.15, -0.1) is 0 Å². The number of fused-ring (bicyclic) bond motifs is 1. The zero-order chi connectivity index (χ0) is 19.5. The summed E-state index contributed by atoms with van der Waals surface area (Å²) in [6.07, 6.45) is -5.13. The molecule has 1 aliphatic rings. The van der Waals surface area contributed by atoms with Gasteiger partial charge in [0, 0.05) is 16.2 Å². The largest absolute Gasteiger partial charge is 0.398 e. The molecule has 0 amide bonds. The Morgan fingerprint density at radius 2 is 2.24 bits per heavy atom. The van der Waals surface area contributed by atoms with Crippen molar-refractivity contribution in [1.29, 1.82) is 0 Å². The van der Waals surface area contributed by atoms with Crippen LogP contribution >= 0.6 is 0 Å². The molecular weight excluding hydrogens is 270 g/mol. The molecule has 6 heteroatoms. The van der Waals surface area contributed by atoms with E-state index in [2.05, 4.69) is 4.98 Å². The monoisotopic (exact) mass is 290 g/mol. The predicted octanol–water partition coefficient (Wildman–Crippen LogP) is 1.15. The van der Waals surface area contributed by atoms with E-state index in [1.807, 2.05) is 0 Å². The summed E-state index contributed by atoms with van der Waals surface area (Å²) in [6, 6.07) is -0.925.